The molecule has 0 radical (unpaired) electrons. The molecule has 0 saturated carbocycles. The fraction of sp³-hybridized carbons (Fsp3) is 0.750. The number of ether oxygens (including phenoxy) is 1. The van der Waals surface area contributed by atoms with Crippen LogP contribution in [0.15, 0.2) is 11.3 Å². The summed E-state index contributed by atoms with van der Waals surface area (Å²) >= 11 is 0. The molecule has 0 aromatic carbocycles. The van der Waals surface area contributed by atoms with E-state index in [0.717, 1.165) is 5.76 Å². The van der Waals surface area contributed by atoms with Crippen LogP contribution in [0.5, 0.6) is 0 Å². The average Bonchev–Trinajstić information content (AvgIpc) is 1.91. The van der Waals surface area contributed by atoms with Gasteiger partial charge < -0.3 is 4.74 Å². The number of allylic oxidation sites excluding steroid dienone is 2. The summed E-state index contributed by atoms with van der Waals surface area (Å²) in [6, 6.07) is 0. The van der Waals surface area contributed by atoms with Crippen molar-refractivity contribution in [2.75, 3.05) is 7.11 Å². The summed E-state index contributed by atoms with van der Waals surface area (Å²) in [5.74, 6) is 1.01. The molecule has 0 aliphatic carbocycles. The van der Waals surface area contributed by atoms with E-state index in [0.29, 0.717) is 0 Å². The van der Waals surface area contributed by atoms with Gasteiger partial charge in [-0.1, -0.05) is 13.8 Å². The molecule has 0 N–H and O–H groups in total. The molecular weight excluding hydrogens is 112 g/mol. The number of methoxy groups -OCH3 is 1. The van der Waals surface area contributed by atoms with Crippen LogP contribution in [0.25, 0.3) is 0 Å². The topological polar surface area (TPSA) is 9.23 Å². The lowest BCUT2D eigenvalue weighted by molar-refractivity contribution is 0.289. The van der Waals surface area contributed by atoms with E-state index in [1.54, 1.807) is 7.11 Å². The highest BCUT2D eigenvalue weighted by molar-refractivity contribution is 4.98. The number of hydrogen-bond acceptors (Lipinski definition) is 1. The van der Waals surface area contributed by atoms with Gasteiger partial charge in [0.05, 0.1) is 12.9 Å². The molecule has 0 amide bonds. The van der Waals surface area contributed by atoms with E-state index in [2.05, 4.69) is 0 Å². The maximum Gasteiger partial charge on any atom is 0.0910 e. The van der Waals surface area contributed by atoms with Crippen molar-refractivity contribution in [1.29, 1.82) is 0 Å². The molecule has 0 atom stereocenters. The normalized spacial score (nSPS) is 6.89. The second-order valence-corrected chi connectivity index (χ2v) is 1.76. The van der Waals surface area contributed by atoms with Crippen LogP contribution in [0, 0.1) is 0 Å². The Hall–Kier alpha value is -0.460. The second-order valence-electron chi connectivity index (χ2n) is 1.76. The highest BCUT2D eigenvalue weighted by atomic mass is 16.5. The molecule has 9 heavy (non-hydrogen) atoms. The van der Waals surface area contributed by atoms with Gasteiger partial charge in [-0.3, -0.25) is 0 Å². The zero-order valence-electron chi connectivity index (χ0n) is 7.41. The van der Waals surface area contributed by atoms with E-state index in [1.165, 1.54) is 5.57 Å². The minimum absolute atomic E-state index is 1.01. The molecule has 56 valence electrons. The van der Waals surface area contributed by atoms with Gasteiger partial charge in [-0.15, -0.1) is 0 Å². The number of rotatable bonds is 1. The monoisotopic (exact) mass is 130 g/mol. The molecule has 0 saturated heterocycles. The molecule has 0 fully saturated rings. The van der Waals surface area contributed by atoms with Gasteiger partial charge in [0.15, 0.2) is 0 Å². The minimum Gasteiger partial charge on any atom is -0.501 e. The maximum atomic E-state index is 4.89. The van der Waals surface area contributed by atoms with Gasteiger partial charge in [0, 0.05) is 0 Å². The van der Waals surface area contributed by atoms with Crippen molar-refractivity contribution in [1.82, 2.24) is 0 Å². The van der Waals surface area contributed by atoms with Crippen molar-refractivity contribution in [3.63, 3.8) is 0 Å². The fourth-order valence-corrected chi connectivity index (χ4v) is 0.204. The van der Waals surface area contributed by atoms with Gasteiger partial charge in [0.25, 0.3) is 0 Å². The first-order valence-corrected chi connectivity index (χ1v) is 3.36. The summed E-state index contributed by atoms with van der Waals surface area (Å²) in [6.07, 6.45) is 0. The molecule has 0 aliphatic rings. The third kappa shape index (κ3) is 7.54. The molecular formula is C8H18O. The molecule has 0 rings (SSSR count). The third-order valence-corrected chi connectivity index (χ3v) is 1.01. The zero-order chi connectivity index (χ0) is 7.86. The van der Waals surface area contributed by atoms with Crippen molar-refractivity contribution in [3.8, 4) is 0 Å². The first kappa shape index (κ1) is 11.4. The molecule has 0 aromatic rings. The van der Waals surface area contributed by atoms with Gasteiger partial charge in [-0.2, -0.15) is 0 Å². The van der Waals surface area contributed by atoms with E-state index in [9.17, 15) is 0 Å². The van der Waals surface area contributed by atoms with Crippen LogP contribution in [-0.2, 0) is 4.74 Å². The van der Waals surface area contributed by atoms with Crippen molar-refractivity contribution < 1.29 is 4.74 Å². The van der Waals surface area contributed by atoms with E-state index >= 15 is 0 Å². The largest absolute Gasteiger partial charge is 0.501 e. The third-order valence-electron chi connectivity index (χ3n) is 1.01. The summed E-state index contributed by atoms with van der Waals surface area (Å²) in [6.45, 7) is 10.0. The van der Waals surface area contributed by atoms with Crippen LogP contribution in [0.4, 0.5) is 0 Å². The van der Waals surface area contributed by atoms with E-state index in [4.69, 9.17) is 4.74 Å². The molecule has 0 aromatic heterocycles. The predicted octanol–water partition coefficient (Wildman–Crippen LogP) is 2.97. The van der Waals surface area contributed by atoms with Crippen molar-refractivity contribution in [2.45, 2.75) is 34.6 Å². The highest BCUT2D eigenvalue weighted by Gasteiger charge is 1.83. The summed E-state index contributed by atoms with van der Waals surface area (Å²) in [7, 11) is 1.68. The molecule has 1 heteroatoms. The van der Waals surface area contributed by atoms with Gasteiger partial charge >= 0.3 is 0 Å². The van der Waals surface area contributed by atoms with Crippen molar-refractivity contribution in [2.24, 2.45) is 0 Å². The lowest BCUT2D eigenvalue weighted by Gasteiger charge is -1.98. The van der Waals surface area contributed by atoms with Gasteiger partial charge in [0.1, 0.15) is 0 Å². The molecule has 1 nitrogen and oxygen atoms in total. The first-order chi connectivity index (χ1) is 4.18. The van der Waals surface area contributed by atoms with Gasteiger partial charge in [0.2, 0.25) is 0 Å². The Labute approximate surface area is 58.7 Å². The lowest BCUT2D eigenvalue weighted by atomic mass is 10.3. The van der Waals surface area contributed by atoms with Crippen molar-refractivity contribution >= 4 is 0 Å². The Morgan fingerprint density at radius 1 is 1.00 bits per heavy atom. The standard InChI is InChI=1S/C6H12O.C2H6/c1-5(2)6(3)7-4;1-2/h1-4H3;1-2H3. The van der Waals surface area contributed by atoms with Crippen molar-refractivity contribution in [3.05, 3.63) is 11.3 Å². The summed E-state index contributed by atoms with van der Waals surface area (Å²) in [5, 5.41) is 0. The molecule has 0 bridgehead atoms. The predicted molar refractivity (Wildman–Crippen MR) is 42.4 cm³/mol. The Kier molecular flexibility index (Phi) is 9.51. The Morgan fingerprint density at radius 3 is 1.33 bits per heavy atom. The summed E-state index contributed by atoms with van der Waals surface area (Å²) < 4.78 is 4.89. The van der Waals surface area contributed by atoms with Crippen LogP contribution in [0.3, 0.4) is 0 Å². The maximum absolute atomic E-state index is 4.89. The molecule has 0 heterocycles. The number of hydrogen-bond donors (Lipinski definition) is 0. The van der Waals surface area contributed by atoms with Crippen LogP contribution < -0.4 is 0 Å². The summed E-state index contributed by atoms with van der Waals surface area (Å²) in [4.78, 5) is 0. The first-order valence-electron chi connectivity index (χ1n) is 3.36. The van der Waals surface area contributed by atoms with E-state index in [1.807, 2.05) is 34.6 Å². The van der Waals surface area contributed by atoms with E-state index in [-0.39, 0.29) is 0 Å². The zero-order valence-corrected chi connectivity index (χ0v) is 7.41. The average molecular weight is 130 g/mol. The molecule has 0 unspecified atom stereocenters. The van der Waals surface area contributed by atoms with Crippen LogP contribution in [0.1, 0.15) is 34.6 Å². The Morgan fingerprint density at radius 2 is 1.33 bits per heavy atom. The summed E-state index contributed by atoms with van der Waals surface area (Å²) in [5.41, 5.74) is 1.24. The quantitative estimate of drug-likeness (QED) is 0.496. The smallest absolute Gasteiger partial charge is 0.0910 e. The highest BCUT2D eigenvalue weighted by Crippen LogP contribution is 1.99. The van der Waals surface area contributed by atoms with Crippen LogP contribution in [0.2, 0.25) is 0 Å². The van der Waals surface area contributed by atoms with Crippen LogP contribution >= 0.6 is 0 Å². The van der Waals surface area contributed by atoms with E-state index < -0.39 is 0 Å². The molecule has 0 aliphatic heterocycles. The lowest BCUT2D eigenvalue weighted by Crippen LogP contribution is -1.80. The fourth-order valence-electron chi connectivity index (χ4n) is 0.204. The van der Waals surface area contributed by atoms with Crippen LogP contribution in [-0.4, -0.2) is 7.11 Å². The second kappa shape index (κ2) is 7.54. The van der Waals surface area contributed by atoms with Gasteiger partial charge in [-0.25, -0.2) is 0 Å². The minimum atomic E-state index is 1.01. The van der Waals surface area contributed by atoms with Gasteiger partial charge in [-0.05, 0) is 26.3 Å². The Bertz CT molecular complexity index is 78.6. The Balaban J connectivity index is 0. The SMILES string of the molecule is CC.COC(C)=C(C)C. The molecule has 0 spiro atoms.